The third-order valence-electron chi connectivity index (χ3n) is 4.69. The van der Waals surface area contributed by atoms with Crippen LogP contribution in [0, 0.1) is 0 Å². The Kier molecular flexibility index (Phi) is 6.44. The van der Waals surface area contributed by atoms with Crippen molar-refractivity contribution in [2.45, 2.75) is 6.61 Å². The van der Waals surface area contributed by atoms with E-state index in [1.165, 1.54) is 0 Å². The number of ether oxygens (including phenoxy) is 1. The summed E-state index contributed by atoms with van der Waals surface area (Å²) in [5.41, 5.74) is 1.55. The number of hydrogen-bond donors (Lipinski definition) is 1. The van der Waals surface area contributed by atoms with Crippen LogP contribution in [-0.2, 0) is 11.4 Å². The summed E-state index contributed by atoms with van der Waals surface area (Å²) >= 11 is 0. The normalized spacial score (nSPS) is 14.6. The summed E-state index contributed by atoms with van der Waals surface area (Å²) in [4.78, 5) is 28.4. The van der Waals surface area contributed by atoms with Crippen LogP contribution in [-0.4, -0.2) is 61.4 Å². The summed E-state index contributed by atoms with van der Waals surface area (Å²) in [6.07, 6.45) is 0. The van der Waals surface area contributed by atoms with Crippen LogP contribution in [0.15, 0.2) is 54.6 Å². The van der Waals surface area contributed by atoms with Crippen LogP contribution in [0.5, 0.6) is 5.75 Å². The van der Waals surface area contributed by atoms with Crippen molar-refractivity contribution in [2.75, 3.05) is 39.8 Å². The van der Waals surface area contributed by atoms with Gasteiger partial charge in [-0.2, -0.15) is 0 Å². The fraction of sp³-hybridized carbons (Fsp3) is 0.333. The van der Waals surface area contributed by atoms with Gasteiger partial charge in [0.15, 0.2) is 0 Å². The van der Waals surface area contributed by atoms with Crippen molar-refractivity contribution in [3.63, 3.8) is 0 Å². The van der Waals surface area contributed by atoms with Gasteiger partial charge >= 0.3 is 0 Å². The second kappa shape index (κ2) is 9.19. The molecule has 1 aliphatic rings. The molecule has 1 heterocycles. The molecule has 6 heteroatoms. The van der Waals surface area contributed by atoms with E-state index in [4.69, 9.17) is 4.74 Å². The summed E-state index contributed by atoms with van der Waals surface area (Å²) in [7, 11) is 1.64. The van der Waals surface area contributed by atoms with E-state index in [0.717, 1.165) is 11.3 Å². The van der Waals surface area contributed by atoms with Gasteiger partial charge in [0.05, 0.1) is 6.54 Å². The van der Waals surface area contributed by atoms with Gasteiger partial charge in [0.25, 0.3) is 5.91 Å². The molecule has 1 N–H and O–H groups in total. The summed E-state index contributed by atoms with van der Waals surface area (Å²) in [6.45, 7) is 3.35. The predicted molar refractivity (Wildman–Crippen MR) is 104 cm³/mol. The van der Waals surface area contributed by atoms with Crippen molar-refractivity contribution >= 4 is 11.8 Å². The van der Waals surface area contributed by atoms with Gasteiger partial charge in [0.1, 0.15) is 12.4 Å². The lowest BCUT2D eigenvalue weighted by atomic mass is 10.1. The molecule has 2 aromatic rings. The van der Waals surface area contributed by atoms with Gasteiger partial charge in [0.2, 0.25) is 5.91 Å². The quantitative estimate of drug-likeness (QED) is 0.845. The largest absolute Gasteiger partial charge is 0.489 e. The van der Waals surface area contributed by atoms with E-state index in [-0.39, 0.29) is 11.8 Å². The zero-order valence-corrected chi connectivity index (χ0v) is 15.6. The van der Waals surface area contributed by atoms with Crippen LogP contribution >= 0.6 is 0 Å². The highest BCUT2D eigenvalue weighted by Gasteiger charge is 2.24. The minimum atomic E-state index is -0.00168. The van der Waals surface area contributed by atoms with Gasteiger partial charge < -0.3 is 15.0 Å². The Morgan fingerprint density at radius 2 is 1.63 bits per heavy atom. The molecular formula is C21H25N3O3. The number of piperazine rings is 1. The maximum absolute atomic E-state index is 13.0. The molecule has 2 aromatic carbocycles. The Labute approximate surface area is 159 Å². The molecule has 0 spiro atoms. The van der Waals surface area contributed by atoms with Gasteiger partial charge in [-0.1, -0.05) is 36.4 Å². The standard InChI is InChI=1S/C21H25N3O3/c1-22-20(25)15-23-11-13-24(14-12-23)21(26)19-10-6-5-7-17(19)16-27-18-8-3-2-4-9-18/h2-10H,11-16H2,1H3,(H,22,25). The molecule has 0 aromatic heterocycles. The first-order valence-electron chi connectivity index (χ1n) is 9.15. The van der Waals surface area contributed by atoms with Crippen LogP contribution < -0.4 is 10.1 Å². The summed E-state index contributed by atoms with van der Waals surface area (Å²) in [6, 6.07) is 17.2. The van der Waals surface area contributed by atoms with E-state index in [1.54, 1.807) is 7.05 Å². The average molecular weight is 367 g/mol. The molecule has 0 aliphatic carbocycles. The highest BCUT2D eigenvalue weighted by Crippen LogP contribution is 2.17. The van der Waals surface area contributed by atoms with Crippen molar-refractivity contribution in [3.05, 3.63) is 65.7 Å². The molecule has 1 aliphatic heterocycles. The molecule has 0 radical (unpaired) electrons. The summed E-state index contributed by atoms with van der Waals surface area (Å²) < 4.78 is 5.82. The van der Waals surface area contributed by atoms with Gasteiger partial charge in [-0.05, 0) is 18.2 Å². The lowest BCUT2D eigenvalue weighted by molar-refractivity contribution is -0.122. The first kappa shape index (κ1) is 18.9. The number of para-hydroxylation sites is 1. The van der Waals surface area contributed by atoms with Crippen LogP contribution in [0.4, 0.5) is 0 Å². The van der Waals surface area contributed by atoms with Crippen molar-refractivity contribution in [1.82, 2.24) is 15.1 Å². The number of rotatable bonds is 6. The van der Waals surface area contributed by atoms with E-state index in [9.17, 15) is 9.59 Å². The lowest BCUT2D eigenvalue weighted by Gasteiger charge is -2.34. The Morgan fingerprint density at radius 1 is 0.963 bits per heavy atom. The van der Waals surface area contributed by atoms with Gasteiger partial charge in [0, 0.05) is 44.4 Å². The second-order valence-electron chi connectivity index (χ2n) is 6.50. The van der Waals surface area contributed by atoms with E-state index >= 15 is 0 Å². The van der Waals surface area contributed by atoms with Crippen LogP contribution in [0.3, 0.4) is 0 Å². The molecule has 1 saturated heterocycles. The molecule has 0 atom stereocenters. The van der Waals surface area contributed by atoms with Crippen molar-refractivity contribution < 1.29 is 14.3 Å². The highest BCUT2D eigenvalue weighted by molar-refractivity contribution is 5.95. The number of amides is 2. The third kappa shape index (κ3) is 5.08. The maximum atomic E-state index is 13.0. The zero-order chi connectivity index (χ0) is 19.1. The highest BCUT2D eigenvalue weighted by atomic mass is 16.5. The van der Waals surface area contributed by atoms with E-state index in [1.807, 2.05) is 59.5 Å². The van der Waals surface area contributed by atoms with Gasteiger partial charge in [-0.25, -0.2) is 0 Å². The van der Waals surface area contributed by atoms with Crippen LogP contribution in [0.1, 0.15) is 15.9 Å². The monoisotopic (exact) mass is 367 g/mol. The number of benzene rings is 2. The van der Waals surface area contributed by atoms with E-state index in [2.05, 4.69) is 10.2 Å². The number of carbonyl (C=O) groups excluding carboxylic acids is 2. The SMILES string of the molecule is CNC(=O)CN1CCN(C(=O)c2ccccc2COc2ccccc2)CC1. The number of carbonyl (C=O) groups is 2. The average Bonchev–Trinajstić information content (AvgIpc) is 2.73. The van der Waals surface area contributed by atoms with E-state index in [0.29, 0.717) is 44.9 Å². The van der Waals surface area contributed by atoms with Crippen LogP contribution in [0.2, 0.25) is 0 Å². The number of hydrogen-bond acceptors (Lipinski definition) is 4. The first-order chi connectivity index (χ1) is 13.2. The second-order valence-corrected chi connectivity index (χ2v) is 6.50. The smallest absolute Gasteiger partial charge is 0.254 e. The van der Waals surface area contributed by atoms with E-state index < -0.39 is 0 Å². The van der Waals surface area contributed by atoms with Gasteiger partial charge in [-0.15, -0.1) is 0 Å². The topological polar surface area (TPSA) is 61.9 Å². The predicted octanol–water partition coefficient (Wildman–Crippen LogP) is 1.77. The molecule has 27 heavy (non-hydrogen) atoms. The molecule has 1 fully saturated rings. The Morgan fingerprint density at radius 3 is 2.33 bits per heavy atom. The molecule has 6 nitrogen and oxygen atoms in total. The Balaban J connectivity index is 1.61. The molecule has 3 rings (SSSR count). The molecule has 142 valence electrons. The maximum Gasteiger partial charge on any atom is 0.254 e. The van der Waals surface area contributed by atoms with Crippen molar-refractivity contribution in [3.8, 4) is 5.75 Å². The summed E-state index contributed by atoms with van der Waals surface area (Å²) in [5.74, 6) is 0.794. The lowest BCUT2D eigenvalue weighted by Crippen LogP contribution is -2.51. The molecule has 0 bridgehead atoms. The number of nitrogens with zero attached hydrogens (tertiary/aromatic N) is 2. The first-order valence-corrected chi connectivity index (χ1v) is 9.15. The van der Waals surface area contributed by atoms with Crippen molar-refractivity contribution in [2.24, 2.45) is 0 Å². The summed E-state index contributed by atoms with van der Waals surface area (Å²) in [5, 5.41) is 2.63. The minimum Gasteiger partial charge on any atom is -0.489 e. The fourth-order valence-electron chi connectivity index (χ4n) is 3.09. The third-order valence-corrected chi connectivity index (χ3v) is 4.69. The molecule has 0 saturated carbocycles. The molecule has 2 amide bonds. The molecular weight excluding hydrogens is 342 g/mol. The number of nitrogens with one attached hydrogen (secondary N) is 1. The van der Waals surface area contributed by atoms with Crippen LogP contribution in [0.25, 0.3) is 0 Å². The minimum absolute atomic E-state index is 0.00168. The Hall–Kier alpha value is -2.86. The Bertz CT molecular complexity index is 771. The van der Waals surface area contributed by atoms with Crippen molar-refractivity contribution in [1.29, 1.82) is 0 Å². The zero-order valence-electron chi connectivity index (χ0n) is 15.6. The molecule has 0 unspecified atom stereocenters. The fourth-order valence-corrected chi connectivity index (χ4v) is 3.09. The van der Waals surface area contributed by atoms with Gasteiger partial charge in [-0.3, -0.25) is 14.5 Å². The number of likely N-dealkylation sites (N-methyl/N-ethyl adjacent to an activating group) is 1.